The number of nitrogens with one attached hydrogen (secondary N) is 1. The maximum Gasteiger partial charge on any atom is 0.418 e. The highest BCUT2D eigenvalue weighted by atomic mass is 19.4. The number of aromatic nitrogens is 2. The monoisotopic (exact) mass is 339 g/mol. The number of nitrogens with two attached hydrogens (primary N) is 2. The van der Waals surface area contributed by atoms with Gasteiger partial charge in [-0.3, -0.25) is 4.79 Å². The number of nitrogen functional groups attached to an aromatic ring is 1. The Bertz CT molecular complexity index is 733. The maximum absolute atomic E-state index is 13.2. The highest BCUT2D eigenvalue weighted by molar-refractivity contribution is 6.11. The van der Waals surface area contributed by atoms with Crippen LogP contribution in [0.1, 0.15) is 28.0 Å². The van der Waals surface area contributed by atoms with E-state index in [0.29, 0.717) is 19.5 Å². The number of anilines is 2. The van der Waals surface area contributed by atoms with Gasteiger partial charge in [-0.15, -0.1) is 0 Å². The van der Waals surface area contributed by atoms with E-state index in [4.69, 9.17) is 11.5 Å². The van der Waals surface area contributed by atoms with E-state index in [2.05, 4.69) is 15.3 Å². The molecule has 0 aliphatic rings. The SMILES string of the molecule is NCCCNc1ccc(C(F)(F)F)c(C(=O)c2cccnc2N)n1. The first-order valence-electron chi connectivity index (χ1n) is 7.12. The summed E-state index contributed by atoms with van der Waals surface area (Å²) in [5, 5.41) is 2.83. The second kappa shape index (κ2) is 7.26. The van der Waals surface area contributed by atoms with E-state index in [1.165, 1.54) is 24.4 Å². The predicted octanol–water partition coefficient (Wildman–Crippen LogP) is 2.07. The van der Waals surface area contributed by atoms with Crippen molar-refractivity contribution < 1.29 is 18.0 Å². The van der Waals surface area contributed by atoms with E-state index < -0.39 is 23.2 Å². The van der Waals surface area contributed by atoms with Gasteiger partial charge in [0.15, 0.2) is 0 Å². The van der Waals surface area contributed by atoms with Crippen molar-refractivity contribution in [2.24, 2.45) is 5.73 Å². The summed E-state index contributed by atoms with van der Waals surface area (Å²) in [5.74, 6) is -0.934. The van der Waals surface area contributed by atoms with Crippen LogP contribution in [0.5, 0.6) is 0 Å². The molecule has 2 aromatic heterocycles. The zero-order chi connectivity index (χ0) is 17.7. The average molecular weight is 339 g/mol. The third-order valence-electron chi connectivity index (χ3n) is 3.19. The number of nitrogens with zero attached hydrogens (tertiary/aromatic N) is 2. The molecule has 9 heteroatoms. The van der Waals surface area contributed by atoms with Crippen molar-refractivity contribution in [2.75, 3.05) is 24.1 Å². The van der Waals surface area contributed by atoms with Gasteiger partial charge >= 0.3 is 6.18 Å². The number of hydrogen-bond acceptors (Lipinski definition) is 6. The van der Waals surface area contributed by atoms with Crippen LogP contribution in [0.25, 0.3) is 0 Å². The minimum atomic E-state index is -4.72. The molecule has 2 heterocycles. The van der Waals surface area contributed by atoms with Crippen molar-refractivity contribution in [3.05, 3.63) is 47.3 Å². The summed E-state index contributed by atoms with van der Waals surface area (Å²) in [6.07, 6.45) is -2.76. The van der Waals surface area contributed by atoms with Crippen LogP contribution in [0.2, 0.25) is 0 Å². The smallest absolute Gasteiger partial charge is 0.383 e. The van der Waals surface area contributed by atoms with Gasteiger partial charge in [-0.1, -0.05) is 0 Å². The van der Waals surface area contributed by atoms with E-state index in [0.717, 1.165) is 6.07 Å². The standard InChI is InChI=1S/C15H16F3N5O/c16-15(17,18)10-4-5-11(21-8-2-6-19)23-12(10)13(24)9-3-1-7-22-14(9)20/h1,3-5,7H,2,6,8,19H2,(H2,20,22)(H,21,23). The Morgan fingerprint density at radius 1 is 1.25 bits per heavy atom. The zero-order valence-electron chi connectivity index (χ0n) is 12.6. The van der Waals surface area contributed by atoms with E-state index in [9.17, 15) is 18.0 Å². The Labute approximate surface area is 136 Å². The Balaban J connectivity index is 2.46. The minimum Gasteiger partial charge on any atom is -0.383 e. The number of pyridine rings is 2. The Kier molecular flexibility index (Phi) is 5.35. The van der Waals surface area contributed by atoms with Gasteiger partial charge in [0.2, 0.25) is 5.78 Å². The zero-order valence-corrected chi connectivity index (χ0v) is 12.6. The van der Waals surface area contributed by atoms with Gasteiger partial charge in [0, 0.05) is 12.7 Å². The van der Waals surface area contributed by atoms with Crippen molar-refractivity contribution in [3.63, 3.8) is 0 Å². The minimum absolute atomic E-state index is 0.130. The second-order valence-electron chi connectivity index (χ2n) is 4.92. The van der Waals surface area contributed by atoms with Gasteiger partial charge in [0.25, 0.3) is 0 Å². The van der Waals surface area contributed by atoms with E-state index in [1.807, 2.05) is 0 Å². The van der Waals surface area contributed by atoms with Gasteiger partial charge < -0.3 is 16.8 Å². The Hall–Kier alpha value is -2.68. The molecule has 24 heavy (non-hydrogen) atoms. The summed E-state index contributed by atoms with van der Waals surface area (Å²) in [6.45, 7) is 0.850. The molecule has 0 bridgehead atoms. The van der Waals surface area contributed by atoms with Crippen molar-refractivity contribution in [3.8, 4) is 0 Å². The molecule has 6 nitrogen and oxygen atoms in total. The number of halogens is 3. The molecule has 0 unspecified atom stereocenters. The predicted molar refractivity (Wildman–Crippen MR) is 83.5 cm³/mol. The largest absolute Gasteiger partial charge is 0.418 e. The number of carbonyl (C=O) groups excluding carboxylic acids is 1. The highest BCUT2D eigenvalue weighted by Crippen LogP contribution is 2.33. The van der Waals surface area contributed by atoms with E-state index in [-0.39, 0.29) is 17.2 Å². The summed E-state index contributed by atoms with van der Waals surface area (Å²) in [4.78, 5) is 20.0. The third kappa shape index (κ3) is 3.99. The highest BCUT2D eigenvalue weighted by Gasteiger charge is 2.37. The van der Waals surface area contributed by atoms with Crippen LogP contribution in [0.15, 0.2) is 30.5 Å². The van der Waals surface area contributed by atoms with Crippen LogP contribution >= 0.6 is 0 Å². The first kappa shape index (κ1) is 17.7. The molecule has 0 aromatic carbocycles. The lowest BCUT2D eigenvalue weighted by molar-refractivity contribution is -0.138. The van der Waals surface area contributed by atoms with Crippen LogP contribution in [-0.4, -0.2) is 28.8 Å². The number of ketones is 1. The van der Waals surface area contributed by atoms with E-state index in [1.54, 1.807) is 0 Å². The van der Waals surface area contributed by atoms with E-state index >= 15 is 0 Å². The van der Waals surface area contributed by atoms with Gasteiger partial charge in [-0.25, -0.2) is 9.97 Å². The fourth-order valence-corrected chi connectivity index (χ4v) is 2.02. The van der Waals surface area contributed by atoms with Gasteiger partial charge in [0.05, 0.1) is 11.1 Å². The van der Waals surface area contributed by atoms with Crippen LogP contribution in [-0.2, 0) is 6.18 Å². The van der Waals surface area contributed by atoms with Gasteiger partial charge in [-0.2, -0.15) is 13.2 Å². The summed E-state index contributed by atoms with van der Waals surface area (Å²) in [5.41, 5.74) is 8.97. The molecule has 128 valence electrons. The molecule has 0 saturated heterocycles. The van der Waals surface area contributed by atoms with Crippen LogP contribution in [0.4, 0.5) is 24.8 Å². The average Bonchev–Trinajstić information content (AvgIpc) is 2.54. The lowest BCUT2D eigenvalue weighted by Gasteiger charge is -2.14. The molecule has 0 spiro atoms. The second-order valence-corrected chi connectivity index (χ2v) is 4.92. The number of rotatable bonds is 6. The van der Waals surface area contributed by atoms with Crippen molar-refractivity contribution in [1.82, 2.24) is 9.97 Å². The number of carbonyl (C=O) groups is 1. The summed E-state index contributed by atoms with van der Waals surface area (Å²) < 4.78 is 39.6. The Morgan fingerprint density at radius 2 is 2.00 bits per heavy atom. The van der Waals surface area contributed by atoms with Crippen molar-refractivity contribution in [1.29, 1.82) is 0 Å². The fraction of sp³-hybridized carbons (Fsp3) is 0.267. The van der Waals surface area contributed by atoms with Crippen molar-refractivity contribution in [2.45, 2.75) is 12.6 Å². The van der Waals surface area contributed by atoms with Crippen LogP contribution < -0.4 is 16.8 Å². The lowest BCUT2D eigenvalue weighted by Crippen LogP contribution is -2.18. The van der Waals surface area contributed by atoms with Crippen molar-refractivity contribution >= 4 is 17.4 Å². The summed E-state index contributed by atoms with van der Waals surface area (Å²) >= 11 is 0. The van der Waals surface area contributed by atoms with Crippen LogP contribution in [0.3, 0.4) is 0 Å². The normalized spacial score (nSPS) is 11.3. The molecule has 2 rings (SSSR count). The quantitative estimate of drug-likeness (QED) is 0.549. The molecule has 2 aromatic rings. The maximum atomic E-state index is 13.2. The first-order valence-corrected chi connectivity index (χ1v) is 7.12. The first-order chi connectivity index (χ1) is 11.3. The molecule has 0 atom stereocenters. The van der Waals surface area contributed by atoms with Gasteiger partial charge in [-0.05, 0) is 37.2 Å². The molecular weight excluding hydrogens is 323 g/mol. The molecule has 5 N–H and O–H groups in total. The summed E-state index contributed by atoms with van der Waals surface area (Å²) in [6, 6.07) is 4.71. The van der Waals surface area contributed by atoms with Crippen LogP contribution in [0, 0.1) is 0 Å². The third-order valence-corrected chi connectivity index (χ3v) is 3.19. The topological polar surface area (TPSA) is 107 Å². The number of hydrogen-bond donors (Lipinski definition) is 3. The fourth-order valence-electron chi connectivity index (χ4n) is 2.02. The molecule has 0 amide bonds. The molecule has 0 aliphatic carbocycles. The molecule has 0 fully saturated rings. The molecule has 0 radical (unpaired) electrons. The molecular formula is C15H16F3N5O. The van der Waals surface area contributed by atoms with Gasteiger partial charge in [0.1, 0.15) is 17.3 Å². The Morgan fingerprint density at radius 3 is 2.62 bits per heavy atom. The number of alkyl halides is 3. The lowest BCUT2D eigenvalue weighted by atomic mass is 10.0. The summed E-state index contributed by atoms with van der Waals surface area (Å²) in [7, 11) is 0. The molecule has 0 saturated carbocycles. The molecule has 0 aliphatic heterocycles.